The fourth-order valence-corrected chi connectivity index (χ4v) is 4.32. The van der Waals surface area contributed by atoms with Gasteiger partial charge in [0.25, 0.3) is 0 Å². The van der Waals surface area contributed by atoms with Crippen molar-refractivity contribution in [3.05, 3.63) is 29.6 Å². The average molecular weight is 396 g/mol. The van der Waals surface area contributed by atoms with E-state index < -0.39 is 13.7 Å². The number of hydrogen-bond acceptors (Lipinski definition) is 3. The van der Waals surface area contributed by atoms with E-state index in [1.54, 1.807) is 0 Å². The molecule has 1 amide bonds. The van der Waals surface area contributed by atoms with Gasteiger partial charge in [-0.1, -0.05) is 25.6 Å². The highest BCUT2D eigenvalue weighted by atomic mass is 28.3. The van der Waals surface area contributed by atoms with Gasteiger partial charge in [-0.2, -0.15) is 0 Å². The number of nitrogens with zero attached hydrogens (tertiary/aromatic N) is 2. The Morgan fingerprint density at radius 3 is 2.71 bits per heavy atom. The van der Waals surface area contributed by atoms with Crippen LogP contribution in [0.15, 0.2) is 18.2 Å². The second-order valence-electron chi connectivity index (χ2n) is 10.1. The van der Waals surface area contributed by atoms with Gasteiger partial charge in [0.05, 0.1) is 17.1 Å². The number of hydrogen-bond donors (Lipinski definition) is 1. The zero-order chi connectivity index (χ0) is 20.3. The molecule has 5 nitrogen and oxygen atoms in total. The van der Waals surface area contributed by atoms with Crippen molar-refractivity contribution in [3.63, 3.8) is 0 Å². The molecule has 1 N–H and O–H groups in total. The number of imidazole rings is 1. The SMILES string of the molecule is CC(C)(C)OC(=O)N1[C@@H]2C[C@@H]2C[C@H]1c1nc2ccc(C#C[Si](C)(C)C)cc2[nH]1. The molecule has 2 aliphatic rings. The number of rotatable bonds is 1. The molecule has 6 heteroatoms. The first-order valence-electron chi connectivity index (χ1n) is 10.0. The summed E-state index contributed by atoms with van der Waals surface area (Å²) in [4.78, 5) is 22.9. The van der Waals surface area contributed by atoms with Gasteiger partial charge in [0.15, 0.2) is 0 Å². The van der Waals surface area contributed by atoms with Crippen LogP contribution < -0.4 is 0 Å². The Bertz CT molecular complexity index is 987. The van der Waals surface area contributed by atoms with Crippen molar-refractivity contribution in [2.75, 3.05) is 0 Å². The molecule has 0 spiro atoms. The van der Waals surface area contributed by atoms with Gasteiger partial charge in [-0.15, -0.1) is 5.54 Å². The maximum atomic E-state index is 12.8. The average Bonchev–Trinajstić information content (AvgIpc) is 3.02. The van der Waals surface area contributed by atoms with Crippen LogP contribution in [0.1, 0.15) is 51.0 Å². The van der Waals surface area contributed by atoms with E-state index in [-0.39, 0.29) is 12.1 Å². The Kier molecular flexibility index (Phi) is 4.35. The van der Waals surface area contributed by atoms with Gasteiger partial charge in [-0.3, -0.25) is 4.90 Å². The van der Waals surface area contributed by atoms with Crippen molar-refractivity contribution >= 4 is 25.2 Å². The number of benzene rings is 1. The molecular formula is C22H29N3O2Si. The number of aromatic nitrogens is 2. The van der Waals surface area contributed by atoms with Crippen molar-refractivity contribution < 1.29 is 9.53 Å². The van der Waals surface area contributed by atoms with E-state index in [4.69, 9.17) is 9.72 Å². The van der Waals surface area contributed by atoms with Gasteiger partial charge in [0.2, 0.25) is 0 Å². The molecule has 2 aromatic rings. The lowest BCUT2D eigenvalue weighted by Crippen LogP contribution is -2.38. The monoisotopic (exact) mass is 395 g/mol. The number of piperidine rings is 1. The first-order chi connectivity index (χ1) is 13.0. The topological polar surface area (TPSA) is 58.2 Å². The van der Waals surface area contributed by atoms with Crippen molar-refractivity contribution in [1.29, 1.82) is 0 Å². The lowest BCUT2D eigenvalue weighted by Gasteiger charge is -2.29. The third-order valence-electron chi connectivity index (χ3n) is 5.11. The van der Waals surface area contributed by atoms with E-state index in [1.807, 2.05) is 37.8 Å². The van der Waals surface area contributed by atoms with Crippen molar-refractivity contribution in [2.24, 2.45) is 5.92 Å². The summed E-state index contributed by atoms with van der Waals surface area (Å²) < 4.78 is 5.66. The van der Waals surface area contributed by atoms with Gasteiger partial charge < -0.3 is 9.72 Å². The van der Waals surface area contributed by atoms with Crippen LogP contribution in [0.4, 0.5) is 4.79 Å². The summed E-state index contributed by atoms with van der Waals surface area (Å²) in [5.41, 5.74) is 5.80. The minimum absolute atomic E-state index is 0.0393. The first-order valence-corrected chi connectivity index (χ1v) is 13.5. The molecule has 3 atom stereocenters. The van der Waals surface area contributed by atoms with Gasteiger partial charge >= 0.3 is 6.09 Å². The molecule has 2 heterocycles. The smallest absolute Gasteiger partial charge is 0.411 e. The van der Waals surface area contributed by atoms with Crippen molar-refractivity contribution in [2.45, 2.75) is 70.9 Å². The summed E-state index contributed by atoms with van der Waals surface area (Å²) >= 11 is 0. The van der Waals surface area contributed by atoms with Crippen LogP contribution in [-0.2, 0) is 4.74 Å². The number of H-pyrrole nitrogens is 1. The Morgan fingerprint density at radius 1 is 1.29 bits per heavy atom. The summed E-state index contributed by atoms with van der Waals surface area (Å²) in [6, 6.07) is 6.36. The molecule has 1 aliphatic carbocycles. The highest BCUT2D eigenvalue weighted by Gasteiger charge is 2.56. The van der Waals surface area contributed by atoms with Crippen LogP contribution in [0.3, 0.4) is 0 Å². The van der Waals surface area contributed by atoms with Crippen LogP contribution in [-0.4, -0.2) is 40.7 Å². The molecule has 0 radical (unpaired) electrons. The Hall–Kier alpha value is -2.26. The van der Waals surface area contributed by atoms with Crippen LogP contribution in [0.5, 0.6) is 0 Å². The molecule has 0 bridgehead atoms. The minimum atomic E-state index is -1.41. The van der Waals surface area contributed by atoms with E-state index >= 15 is 0 Å². The maximum absolute atomic E-state index is 12.8. The zero-order valence-electron chi connectivity index (χ0n) is 17.6. The van der Waals surface area contributed by atoms with Gasteiger partial charge in [0.1, 0.15) is 19.5 Å². The van der Waals surface area contributed by atoms with Gasteiger partial charge in [-0.05, 0) is 57.7 Å². The van der Waals surface area contributed by atoms with E-state index in [1.165, 1.54) is 0 Å². The normalized spacial score (nSPS) is 23.9. The van der Waals surface area contributed by atoms with Crippen LogP contribution in [0.2, 0.25) is 19.6 Å². The summed E-state index contributed by atoms with van der Waals surface area (Å²) in [7, 11) is -1.41. The molecule has 1 aromatic heterocycles. The Morgan fingerprint density at radius 2 is 2.04 bits per heavy atom. The number of ether oxygens (including phenoxy) is 1. The highest BCUT2D eigenvalue weighted by Crippen LogP contribution is 2.53. The fourth-order valence-electron chi connectivity index (χ4n) is 3.80. The summed E-state index contributed by atoms with van der Waals surface area (Å²) in [5.74, 6) is 4.73. The summed E-state index contributed by atoms with van der Waals surface area (Å²) in [5, 5.41) is 0. The predicted octanol–water partition coefficient (Wildman–Crippen LogP) is 4.86. The Balaban J connectivity index is 1.61. The van der Waals surface area contributed by atoms with Crippen LogP contribution >= 0.6 is 0 Å². The number of aromatic amines is 1. The standard InChI is InChI=1S/C22H29N3O2Si/c1-22(2,3)27-21(26)25-18-12-15(18)13-19(25)20-23-16-8-7-14(11-17(16)24-20)9-10-28(4,5)6/h7-8,11,15,18-19H,12-13H2,1-6H3,(H,23,24)/t15-,18-,19+/m1/s1. The minimum Gasteiger partial charge on any atom is -0.444 e. The number of fused-ring (bicyclic) bond motifs is 2. The van der Waals surface area contributed by atoms with E-state index in [2.05, 4.69) is 42.2 Å². The van der Waals surface area contributed by atoms with Crippen molar-refractivity contribution in [3.8, 4) is 11.5 Å². The number of amides is 1. The van der Waals surface area contributed by atoms with Crippen LogP contribution in [0.25, 0.3) is 11.0 Å². The number of nitrogens with one attached hydrogen (secondary N) is 1. The number of carbonyl (C=O) groups excluding carboxylic acids is 1. The highest BCUT2D eigenvalue weighted by molar-refractivity contribution is 6.83. The molecule has 1 saturated carbocycles. The third-order valence-corrected chi connectivity index (χ3v) is 5.98. The molecule has 28 heavy (non-hydrogen) atoms. The molecule has 1 aromatic carbocycles. The predicted molar refractivity (Wildman–Crippen MR) is 114 cm³/mol. The largest absolute Gasteiger partial charge is 0.444 e. The molecular weight excluding hydrogens is 366 g/mol. The van der Waals surface area contributed by atoms with Crippen molar-refractivity contribution in [1.82, 2.24) is 14.9 Å². The summed E-state index contributed by atoms with van der Waals surface area (Å²) in [6.07, 6.45) is 1.79. The molecule has 1 aliphatic heterocycles. The lowest BCUT2D eigenvalue weighted by atomic mass is 10.1. The third kappa shape index (κ3) is 3.95. The van der Waals surface area contributed by atoms with E-state index in [0.29, 0.717) is 12.0 Å². The summed E-state index contributed by atoms with van der Waals surface area (Å²) in [6.45, 7) is 12.4. The van der Waals surface area contributed by atoms with E-state index in [0.717, 1.165) is 35.3 Å². The molecule has 2 fully saturated rings. The number of likely N-dealkylation sites (tertiary alicyclic amines) is 1. The van der Waals surface area contributed by atoms with Gasteiger partial charge in [-0.25, -0.2) is 9.78 Å². The molecule has 4 rings (SSSR count). The molecule has 0 unspecified atom stereocenters. The quantitative estimate of drug-likeness (QED) is 0.554. The lowest BCUT2D eigenvalue weighted by molar-refractivity contribution is 0.0175. The Labute approximate surface area is 167 Å². The van der Waals surface area contributed by atoms with Crippen LogP contribution in [0, 0.1) is 17.4 Å². The molecule has 148 valence electrons. The van der Waals surface area contributed by atoms with Gasteiger partial charge in [0, 0.05) is 11.6 Å². The maximum Gasteiger partial charge on any atom is 0.411 e. The first kappa shape index (κ1) is 19.1. The second kappa shape index (κ2) is 6.38. The van der Waals surface area contributed by atoms with E-state index in [9.17, 15) is 4.79 Å². The zero-order valence-corrected chi connectivity index (χ0v) is 18.6. The second-order valence-corrected chi connectivity index (χ2v) is 14.8. The molecule has 1 saturated heterocycles. The number of carbonyl (C=O) groups is 1. The fraction of sp³-hybridized carbons (Fsp3) is 0.545.